The van der Waals surface area contributed by atoms with E-state index >= 15 is 0 Å². The fourth-order valence-electron chi connectivity index (χ4n) is 11.5. The molecular weight excluding hydrogens is 896 g/mol. The number of phenols is 1. The van der Waals surface area contributed by atoms with Crippen molar-refractivity contribution in [3.8, 4) is 5.75 Å². The number of aliphatic carboxylic acids is 1. The molecule has 0 radical (unpaired) electrons. The molecule has 67 heavy (non-hydrogen) atoms. The molecule has 18 heteroatoms. The number of aliphatic hydroxyl groups excluding tert-OH is 4. The normalized spacial score (nSPS) is 41.1. The Morgan fingerprint density at radius 3 is 2.39 bits per heavy atom. The summed E-state index contributed by atoms with van der Waals surface area (Å²) in [4.78, 5) is 53.7. The molecule has 4 heterocycles. The Labute approximate surface area is 393 Å². The number of hydrogen-bond donors (Lipinski definition) is 6. The number of halogens is 1. The number of hydrogen-bond acceptors (Lipinski definition) is 16. The molecule has 8 rings (SSSR count). The highest BCUT2D eigenvalue weighted by molar-refractivity contribution is 6.32. The van der Waals surface area contributed by atoms with E-state index in [1.165, 1.54) is 18.2 Å². The van der Waals surface area contributed by atoms with Crippen LogP contribution in [-0.2, 0) is 47.5 Å². The van der Waals surface area contributed by atoms with Gasteiger partial charge >= 0.3 is 23.9 Å². The van der Waals surface area contributed by atoms with E-state index in [4.69, 9.17) is 44.8 Å². The average molecular weight is 957 g/mol. The lowest BCUT2D eigenvalue weighted by Crippen LogP contribution is -2.61. The zero-order valence-corrected chi connectivity index (χ0v) is 38.9. The fraction of sp³-hybridized carbons (Fsp3) is 0.633. The minimum absolute atomic E-state index is 0.0340. The van der Waals surface area contributed by atoms with Crippen molar-refractivity contribution in [1.82, 2.24) is 0 Å². The smallest absolute Gasteiger partial charge is 0.379 e. The molecule has 1 aromatic rings. The molecule has 17 atom stereocenters. The van der Waals surface area contributed by atoms with E-state index in [1.54, 1.807) is 33.8 Å². The number of fused-ring (bicyclic) bond motifs is 3. The summed E-state index contributed by atoms with van der Waals surface area (Å²) >= 11 is 6.18. The van der Waals surface area contributed by atoms with E-state index in [9.17, 15) is 49.8 Å². The first-order valence-electron chi connectivity index (χ1n) is 23.3. The molecule has 7 aliphatic rings. The summed E-state index contributed by atoms with van der Waals surface area (Å²) in [6, 6.07) is 2.71. The van der Waals surface area contributed by atoms with Gasteiger partial charge in [-0.25, -0.2) is 14.4 Å². The maximum atomic E-state index is 14.8. The van der Waals surface area contributed by atoms with Crippen LogP contribution in [0, 0.1) is 41.9 Å². The first-order valence-corrected chi connectivity index (χ1v) is 23.7. The van der Waals surface area contributed by atoms with Gasteiger partial charge in [0.2, 0.25) is 0 Å². The lowest BCUT2D eigenvalue weighted by molar-refractivity contribution is -0.343. The second kappa shape index (κ2) is 19.2. The summed E-state index contributed by atoms with van der Waals surface area (Å²) in [5.74, 6) is -7.75. The van der Waals surface area contributed by atoms with Crippen LogP contribution in [0.15, 0.2) is 59.6 Å². The number of aromatic hydroxyl groups is 1. The topological polar surface area (TPSA) is 254 Å². The van der Waals surface area contributed by atoms with Gasteiger partial charge in [-0.15, -0.1) is 0 Å². The summed E-state index contributed by atoms with van der Waals surface area (Å²) in [5.41, 5.74) is -2.59. The van der Waals surface area contributed by atoms with Crippen molar-refractivity contribution in [2.75, 3.05) is 0 Å². The minimum atomic E-state index is -1.65. The summed E-state index contributed by atoms with van der Waals surface area (Å²) in [7, 11) is 0. The molecule has 1 aromatic carbocycles. The summed E-state index contributed by atoms with van der Waals surface area (Å²) in [6.45, 7) is 8.23. The molecule has 3 fully saturated rings. The Morgan fingerprint density at radius 1 is 0.881 bits per heavy atom. The summed E-state index contributed by atoms with van der Waals surface area (Å²) in [6.07, 6.45) is 1.93. The van der Waals surface area contributed by atoms with Gasteiger partial charge in [-0.3, -0.25) is 4.79 Å². The third-order valence-electron chi connectivity index (χ3n) is 15.4. The van der Waals surface area contributed by atoms with Crippen molar-refractivity contribution >= 4 is 35.5 Å². The monoisotopic (exact) mass is 956 g/mol. The maximum Gasteiger partial charge on any atom is 0.379 e. The van der Waals surface area contributed by atoms with E-state index in [0.717, 1.165) is 12.8 Å². The van der Waals surface area contributed by atoms with Crippen molar-refractivity contribution in [2.24, 2.45) is 35.0 Å². The van der Waals surface area contributed by atoms with Crippen LogP contribution in [0.3, 0.4) is 0 Å². The number of carbonyl (C=O) groups is 4. The molecule has 0 aromatic heterocycles. The Hall–Kier alpha value is -4.33. The number of phenolic OH excluding ortho intramolecular Hbond substituents is 1. The van der Waals surface area contributed by atoms with Crippen LogP contribution in [-0.4, -0.2) is 122 Å². The van der Waals surface area contributed by atoms with Crippen molar-refractivity contribution < 1.29 is 83.0 Å². The van der Waals surface area contributed by atoms with Crippen LogP contribution >= 0.6 is 11.6 Å². The molecule has 0 amide bonds. The van der Waals surface area contributed by atoms with Gasteiger partial charge in [-0.05, 0) is 95.2 Å². The molecule has 4 aliphatic heterocycles. The molecule has 3 aliphatic carbocycles. The van der Waals surface area contributed by atoms with Gasteiger partial charge in [0.15, 0.2) is 23.9 Å². The third-order valence-corrected chi connectivity index (χ3v) is 15.8. The molecule has 2 saturated heterocycles. The molecule has 17 unspecified atom stereocenters. The Balaban J connectivity index is 0.970. The van der Waals surface area contributed by atoms with Crippen molar-refractivity contribution in [1.29, 1.82) is 0 Å². The quantitative estimate of drug-likeness (QED) is 0.110. The summed E-state index contributed by atoms with van der Waals surface area (Å²) < 4.78 is 42.3. The number of rotatable bonds is 7. The van der Waals surface area contributed by atoms with Gasteiger partial charge in [-0.2, -0.15) is 0 Å². The maximum absolute atomic E-state index is 14.8. The van der Waals surface area contributed by atoms with E-state index in [0.29, 0.717) is 37.7 Å². The first kappa shape index (κ1) is 49.1. The van der Waals surface area contributed by atoms with Crippen molar-refractivity contribution in [2.45, 2.75) is 159 Å². The Bertz CT molecular complexity index is 2240. The highest BCUT2D eigenvalue weighted by atomic mass is 35.5. The molecule has 17 nitrogen and oxygen atoms in total. The molecule has 1 saturated carbocycles. The van der Waals surface area contributed by atoms with Gasteiger partial charge in [0.25, 0.3) is 5.76 Å². The fourth-order valence-corrected chi connectivity index (χ4v) is 11.6. The second-order valence-corrected chi connectivity index (χ2v) is 19.9. The van der Waals surface area contributed by atoms with Crippen LogP contribution in [0.5, 0.6) is 5.75 Å². The van der Waals surface area contributed by atoms with Crippen molar-refractivity contribution in [3.05, 3.63) is 75.8 Å². The number of ether oxygens (including phenoxy) is 7. The largest absolute Gasteiger partial charge is 0.507 e. The van der Waals surface area contributed by atoms with Crippen LogP contribution in [0.2, 0.25) is 5.02 Å². The first-order chi connectivity index (χ1) is 31.8. The zero-order chi connectivity index (χ0) is 48.3. The average Bonchev–Trinajstić information content (AvgIpc) is 3.50. The molecule has 366 valence electrons. The SMILES string of the molecule is Cc1c(Cl)ccc(O)c1C(=O)OC1CC(OC2C(C)OC(OC3CCCC4C3C=CC3CCCCC=CC5C=C(C(=O)O)C(C)CC56OC(=O)C(=C6O)OC(=O)C34C)C(O)C2O)OC(C)C1O. The highest BCUT2D eigenvalue weighted by Gasteiger charge is 2.60. The van der Waals surface area contributed by atoms with Crippen LogP contribution in [0.1, 0.15) is 101 Å². The number of carboxylic acid groups (broad SMARTS) is 1. The van der Waals surface area contributed by atoms with Crippen molar-refractivity contribution in [3.63, 3.8) is 0 Å². The zero-order valence-electron chi connectivity index (χ0n) is 38.1. The van der Waals surface area contributed by atoms with Gasteiger partial charge in [-0.1, -0.05) is 61.7 Å². The standard InChI is InChI=1S/C49H61ClO17/c1-22-21-49-27(19-29(22)43(56)57)12-9-7-6-8-11-26-15-16-28-30(48(26,5)47(60)66-41(42(49)55)45(59)67-49)13-10-14-33(28)64-46-39(54)38(53)40(25(4)62-46)65-35-20-34(37(52)24(3)61-35)63-44(58)36-23(2)31(50)17-18-32(36)51/h9,12,15-19,22,24-28,30,33-35,37-40,46,51-55H,6-8,10-11,13-14,20-21H2,1-5H3,(H,56,57). The molecule has 6 N–H and O–H groups in total. The number of carbonyl (C=O) groups excluding carboxylic acids is 3. The minimum Gasteiger partial charge on any atom is -0.507 e. The second-order valence-electron chi connectivity index (χ2n) is 19.5. The van der Waals surface area contributed by atoms with Crippen LogP contribution < -0.4 is 0 Å². The molecule has 1 spiro atoms. The van der Waals surface area contributed by atoms with Gasteiger partial charge in [0.1, 0.15) is 41.8 Å². The van der Waals surface area contributed by atoms with E-state index in [2.05, 4.69) is 0 Å². The van der Waals surface area contributed by atoms with E-state index < -0.39 is 126 Å². The number of allylic oxidation sites excluding steroid dienone is 2. The predicted octanol–water partition coefficient (Wildman–Crippen LogP) is 5.63. The third kappa shape index (κ3) is 8.95. The number of carboxylic acids is 1. The molecule has 2 bridgehead atoms. The lowest BCUT2D eigenvalue weighted by atomic mass is 9.55. The number of esters is 3. The van der Waals surface area contributed by atoms with Gasteiger partial charge in [0, 0.05) is 35.3 Å². The van der Waals surface area contributed by atoms with E-state index in [-0.39, 0.29) is 46.6 Å². The van der Waals surface area contributed by atoms with E-state index in [1.807, 2.05) is 25.2 Å². The van der Waals surface area contributed by atoms with Gasteiger partial charge < -0.3 is 63.8 Å². The van der Waals surface area contributed by atoms with Crippen LogP contribution in [0.4, 0.5) is 0 Å². The van der Waals surface area contributed by atoms with Gasteiger partial charge in [0.05, 0.1) is 23.7 Å². The predicted molar refractivity (Wildman–Crippen MR) is 235 cm³/mol. The number of benzene rings is 1. The Morgan fingerprint density at radius 2 is 1.64 bits per heavy atom. The highest BCUT2D eigenvalue weighted by Crippen LogP contribution is 2.55. The summed E-state index contributed by atoms with van der Waals surface area (Å²) in [5, 5.41) is 66.3. The van der Waals surface area contributed by atoms with Crippen LogP contribution in [0.25, 0.3) is 0 Å². The Kier molecular flexibility index (Phi) is 14.1. The lowest BCUT2D eigenvalue weighted by Gasteiger charge is -2.51. The number of aliphatic hydroxyl groups is 4. The molecular formula is C49H61ClO17.